The molecule has 1 nitrogen and oxygen atoms in total. The van der Waals surface area contributed by atoms with Crippen molar-refractivity contribution < 1.29 is 4.43 Å². The molecule has 0 fully saturated rings. The van der Waals surface area contributed by atoms with Crippen LogP contribution in [-0.2, 0) is 4.43 Å². The van der Waals surface area contributed by atoms with Crippen molar-refractivity contribution in [3.05, 3.63) is 0 Å². The monoisotopic (exact) mass is 202 g/mol. The van der Waals surface area contributed by atoms with Gasteiger partial charge in [-0.2, -0.15) is 0 Å². The van der Waals surface area contributed by atoms with E-state index in [2.05, 4.69) is 20.8 Å². The van der Waals surface area contributed by atoms with Crippen LogP contribution in [0.3, 0.4) is 0 Å². The molecule has 0 bridgehead atoms. The van der Waals surface area contributed by atoms with Crippen LogP contribution in [0.15, 0.2) is 0 Å². The molecule has 2 heteroatoms. The molecule has 0 spiro atoms. The van der Waals surface area contributed by atoms with Gasteiger partial charge in [-0.05, 0) is 18.9 Å². The third-order valence-corrected chi connectivity index (χ3v) is 4.01. The Kier molecular flexibility index (Phi) is 10.4. The highest BCUT2D eigenvalue weighted by Gasteiger charge is 2.01. The lowest BCUT2D eigenvalue weighted by Gasteiger charge is -2.13. The summed E-state index contributed by atoms with van der Waals surface area (Å²) in [5.74, 6) is 0. The average molecular weight is 202 g/mol. The molecule has 80 valence electrons. The lowest BCUT2D eigenvalue weighted by molar-refractivity contribution is 0.202. The summed E-state index contributed by atoms with van der Waals surface area (Å²) in [7, 11) is -0.186. The number of unbranched alkanes of at least 4 members (excludes halogenated alkanes) is 3. The van der Waals surface area contributed by atoms with Crippen molar-refractivity contribution in [1.29, 1.82) is 0 Å². The molecule has 0 heterocycles. The van der Waals surface area contributed by atoms with Crippen molar-refractivity contribution >= 4 is 9.76 Å². The van der Waals surface area contributed by atoms with E-state index in [1.807, 2.05) is 0 Å². The fourth-order valence-electron chi connectivity index (χ4n) is 1.48. The van der Waals surface area contributed by atoms with Crippen LogP contribution < -0.4 is 0 Å². The topological polar surface area (TPSA) is 9.23 Å². The van der Waals surface area contributed by atoms with Crippen molar-refractivity contribution in [2.24, 2.45) is 0 Å². The predicted octanol–water partition coefficient (Wildman–Crippen LogP) is 3.27. The summed E-state index contributed by atoms with van der Waals surface area (Å²) in [5.41, 5.74) is 0. The fourth-order valence-corrected chi connectivity index (χ4v) is 3.01. The smallest absolute Gasteiger partial charge is 0.161 e. The highest BCUT2D eigenvalue weighted by Crippen LogP contribution is 2.06. The average Bonchev–Trinajstić information content (AvgIpc) is 2.17. The molecular formula is C11H26OSi. The van der Waals surface area contributed by atoms with E-state index in [1.165, 1.54) is 44.6 Å². The van der Waals surface area contributed by atoms with Crippen LogP contribution in [0.2, 0.25) is 6.04 Å². The van der Waals surface area contributed by atoms with E-state index in [9.17, 15) is 0 Å². The highest BCUT2D eigenvalue weighted by atomic mass is 28.2. The maximum atomic E-state index is 5.86. The van der Waals surface area contributed by atoms with Gasteiger partial charge in [-0.15, -0.1) is 0 Å². The van der Waals surface area contributed by atoms with Crippen LogP contribution in [-0.4, -0.2) is 15.9 Å². The summed E-state index contributed by atoms with van der Waals surface area (Å²) in [6.45, 7) is 6.71. The molecule has 0 atom stereocenters. The molecule has 0 N–H and O–H groups in total. The molecule has 0 aromatic heterocycles. The van der Waals surface area contributed by atoms with Crippen molar-refractivity contribution in [2.45, 2.75) is 71.4 Å². The zero-order chi connectivity index (χ0) is 9.94. The van der Waals surface area contributed by atoms with Gasteiger partial charge >= 0.3 is 0 Å². The highest BCUT2D eigenvalue weighted by molar-refractivity contribution is 6.27. The summed E-state index contributed by atoms with van der Waals surface area (Å²) < 4.78 is 5.86. The molecular weight excluding hydrogens is 176 g/mol. The number of hydrogen-bond donors (Lipinski definition) is 0. The van der Waals surface area contributed by atoms with Gasteiger partial charge in [0.1, 0.15) is 0 Å². The molecule has 0 rings (SSSR count). The molecule has 0 saturated heterocycles. The van der Waals surface area contributed by atoms with Gasteiger partial charge in [0, 0.05) is 6.10 Å². The third kappa shape index (κ3) is 8.51. The Morgan fingerprint density at radius 2 is 1.69 bits per heavy atom. The van der Waals surface area contributed by atoms with E-state index in [-0.39, 0.29) is 9.76 Å². The second-order valence-electron chi connectivity index (χ2n) is 3.72. The summed E-state index contributed by atoms with van der Waals surface area (Å²) in [6.07, 6.45) is 8.51. The van der Waals surface area contributed by atoms with Crippen LogP contribution in [0.4, 0.5) is 0 Å². The maximum Gasteiger partial charge on any atom is 0.161 e. The summed E-state index contributed by atoms with van der Waals surface area (Å²) >= 11 is 0. The number of hydrogen-bond acceptors (Lipinski definition) is 1. The van der Waals surface area contributed by atoms with Crippen molar-refractivity contribution in [3.63, 3.8) is 0 Å². The Hall–Kier alpha value is 0.177. The van der Waals surface area contributed by atoms with Gasteiger partial charge in [-0.25, -0.2) is 0 Å². The van der Waals surface area contributed by atoms with Crippen LogP contribution in [0, 0.1) is 0 Å². The van der Waals surface area contributed by atoms with Gasteiger partial charge in [0.2, 0.25) is 0 Å². The van der Waals surface area contributed by atoms with Gasteiger partial charge in [0.05, 0.1) is 0 Å². The summed E-state index contributed by atoms with van der Waals surface area (Å²) in [5, 5.41) is 0. The molecule has 0 amide bonds. The van der Waals surface area contributed by atoms with E-state index >= 15 is 0 Å². The van der Waals surface area contributed by atoms with Crippen molar-refractivity contribution in [3.8, 4) is 0 Å². The number of rotatable bonds is 9. The molecule has 0 aliphatic heterocycles. The van der Waals surface area contributed by atoms with Crippen molar-refractivity contribution in [2.75, 3.05) is 0 Å². The molecule has 0 radical (unpaired) electrons. The minimum atomic E-state index is -0.186. The molecule has 0 aromatic rings. The first-order valence-corrected chi connectivity index (χ1v) is 7.54. The lowest BCUT2D eigenvalue weighted by atomic mass is 10.2. The molecule has 0 saturated carbocycles. The van der Waals surface area contributed by atoms with Gasteiger partial charge in [0.25, 0.3) is 0 Å². The maximum absolute atomic E-state index is 5.86. The standard InChI is InChI=1S/C11H26OSi/c1-4-7-8-9-10-13-12-11(5-2)6-3/h11H,4-10,13H2,1-3H3. The Balaban J connectivity index is 3.05. The van der Waals surface area contributed by atoms with Crippen molar-refractivity contribution in [1.82, 2.24) is 0 Å². The van der Waals surface area contributed by atoms with E-state index in [1.54, 1.807) is 0 Å². The molecule has 0 aliphatic rings. The van der Waals surface area contributed by atoms with Gasteiger partial charge in [0.15, 0.2) is 9.76 Å². The molecule has 0 aliphatic carbocycles. The van der Waals surface area contributed by atoms with E-state index < -0.39 is 0 Å². The summed E-state index contributed by atoms with van der Waals surface area (Å²) in [6, 6.07) is 1.39. The van der Waals surface area contributed by atoms with Gasteiger partial charge in [-0.3, -0.25) is 0 Å². The quantitative estimate of drug-likeness (QED) is 0.412. The third-order valence-electron chi connectivity index (χ3n) is 2.51. The first-order chi connectivity index (χ1) is 6.35. The van der Waals surface area contributed by atoms with Crippen LogP contribution in [0.5, 0.6) is 0 Å². The zero-order valence-corrected chi connectivity index (χ0v) is 11.1. The minimum absolute atomic E-state index is 0.186. The second kappa shape index (κ2) is 10.3. The van der Waals surface area contributed by atoms with Crippen LogP contribution in [0.1, 0.15) is 59.3 Å². The van der Waals surface area contributed by atoms with Gasteiger partial charge in [-0.1, -0.05) is 46.5 Å². The Bertz CT molecular complexity index is 92.1. The minimum Gasteiger partial charge on any atom is -0.421 e. The molecule has 0 aromatic carbocycles. The van der Waals surface area contributed by atoms with Crippen LogP contribution in [0.25, 0.3) is 0 Å². The predicted molar refractivity (Wildman–Crippen MR) is 62.9 cm³/mol. The summed E-state index contributed by atoms with van der Waals surface area (Å²) in [4.78, 5) is 0. The molecule has 13 heavy (non-hydrogen) atoms. The van der Waals surface area contributed by atoms with Crippen LogP contribution >= 0.6 is 0 Å². The largest absolute Gasteiger partial charge is 0.421 e. The normalized spacial score (nSPS) is 12.0. The first-order valence-electron chi connectivity index (χ1n) is 5.96. The van der Waals surface area contributed by atoms with E-state index in [0.29, 0.717) is 6.10 Å². The molecule has 0 unspecified atom stereocenters. The van der Waals surface area contributed by atoms with E-state index in [0.717, 1.165) is 0 Å². The fraction of sp³-hybridized carbons (Fsp3) is 1.00. The second-order valence-corrected chi connectivity index (χ2v) is 5.17. The Labute approximate surface area is 86.2 Å². The zero-order valence-electron chi connectivity index (χ0n) is 9.64. The Morgan fingerprint density at radius 1 is 1.00 bits per heavy atom. The SMILES string of the molecule is CCCCCC[SiH2]OC(CC)CC. The lowest BCUT2D eigenvalue weighted by Crippen LogP contribution is -2.13. The van der Waals surface area contributed by atoms with E-state index in [4.69, 9.17) is 4.43 Å². The first kappa shape index (κ1) is 13.2. The Morgan fingerprint density at radius 3 is 2.23 bits per heavy atom. The van der Waals surface area contributed by atoms with Gasteiger partial charge < -0.3 is 4.43 Å².